The van der Waals surface area contributed by atoms with Gasteiger partial charge in [0.05, 0.1) is 22.6 Å². The third kappa shape index (κ3) is 2.86. The highest BCUT2D eigenvalue weighted by Crippen LogP contribution is 2.27. The minimum Gasteiger partial charge on any atom is -0.465 e. The van der Waals surface area contributed by atoms with Crippen molar-refractivity contribution in [1.82, 2.24) is 0 Å². The predicted octanol–water partition coefficient (Wildman–Crippen LogP) is 2.13. The molecule has 1 aromatic rings. The molecule has 0 aliphatic rings. The third-order valence-electron chi connectivity index (χ3n) is 1.84. The zero-order valence-corrected chi connectivity index (χ0v) is 12.2. The van der Waals surface area contributed by atoms with Crippen LogP contribution in [0.3, 0.4) is 0 Å². The van der Waals surface area contributed by atoms with E-state index >= 15 is 0 Å². The van der Waals surface area contributed by atoms with Crippen LogP contribution in [0.2, 0.25) is 5.02 Å². The van der Waals surface area contributed by atoms with E-state index in [9.17, 15) is 13.2 Å². The van der Waals surface area contributed by atoms with Crippen LogP contribution in [0, 0.1) is 3.57 Å². The average molecular weight is 375 g/mol. The summed E-state index contributed by atoms with van der Waals surface area (Å²) in [5.41, 5.74) is 0.0523. The highest BCUT2D eigenvalue weighted by Gasteiger charge is 2.18. The Morgan fingerprint density at radius 3 is 2.44 bits per heavy atom. The molecule has 0 amide bonds. The molecule has 1 rings (SSSR count). The SMILES string of the molecule is COC(=O)c1cc(S(C)(=O)=O)cc(I)c1Cl. The van der Waals surface area contributed by atoms with Gasteiger partial charge < -0.3 is 4.74 Å². The van der Waals surface area contributed by atoms with Crippen molar-refractivity contribution in [1.29, 1.82) is 0 Å². The molecule has 1 aromatic carbocycles. The van der Waals surface area contributed by atoms with Gasteiger partial charge in [0.25, 0.3) is 0 Å². The molecule has 0 fully saturated rings. The highest BCUT2D eigenvalue weighted by atomic mass is 127. The number of benzene rings is 1. The van der Waals surface area contributed by atoms with Gasteiger partial charge in [-0.2, -0.15) is 0 Å². The van der Waals surface area contributed by atoms with E-state index in [1.807, 2.05) is 22.6 Å². The van der Waals surface area contributed by atoms with Gasteiger partial charge in [-0.3, -0.25) is 0 Å². The fourth-order valence-corrected chi connectivity index (χ4v) is 2.72. The smallest absolute Gasteiger partial charge is 0.339 e. The summed E-state index contributed by atoms with van der Waals surface area (Å²) in [5.74, 6) is -0.659. The van der Waals surface area contributed by atoms with Crippen LogP contribution in [0.4, 0.5) is 0 Å². The number of carbonyl (C=O) groups excluding carboxylic acids is 1. The molecule has 0 aliphatic heterocycles. The first-order valence-corrected chi connectivity index (χ1v) is 7.39. The highest BCUT2D eigenvalue weighted by molar-refractivity contribution is 14.1. The van der Waals surface area contributed by atoms with E-state index in [4.69, 9.17) is 11.6 Å². The summed E-state index contributed by atoms with van der Waals surface area (Å²) in [5, 5.41) is 0.194. The maximum atomic E-state index is 11.4. The Labute approximate surface area is 112 Å². The second-order valence-electron chi connectivity index (χ2n) is 3.03. The average Bonchev–Trinajstić information content (AvgIpc) is 2.19. The zero-order valence-electron chi connectivity index (χ0n) is 8.45. The standard InChI is InChI=1S/C9H8ClIO4S/c1-15-9(12)6-3-5(16(2,13)14)4-7(11)8(6)10/h3-4H,1-2H3. The molecule has 0 aromatic heterocycles. The van der Waals surface area contributed by atoms with Crippen molar-refractivity contribution in [3.63, 3.8) is 0 Å². The summed E-state index contributed by atoms with van der Waals surface area (Å²) in [6.07, 6.45) is 1.06. The van der Waals surface area contributed by atoms with Crippen LogP contribution in [0.15, 0.2) is 17.0 Å². The van der Waals surface area contributed by atoms with Crippen LogP contribution < -0.4 is 0 Å². The van der Waals surface area contributed by atoms with E-state index in [2.05, 4.69) is 4.74 Å². The van der Waals surface area contributed by atoms with Crippen molar-refractivity contribution >= 4 is 50.0 Å². The van der Waals surface area contributed by atoms with Crippen LogP contribution in [-0.2, 0) is 14.6 Å². The van der Waals surface area contributed by atoms with Crippen LogP contribution in [0.5, 0.6) is 0 Å². The lowest BCUT2D eigenvalue weighted by atomic mass is 10.2. The Hall–Kier alpha value is -0.340. The van der Waals surface area contributed by atoms with Crippen molar-refractivity contribution in [2.75, 3.05) is 13.4 Å². The molecular weight excluding hydrogens is 367 g/mol. The fourth-order valence-electron chi connectivity index (χ4n) is 1.04. The monoisotopic (exact) mass is 374 g/mol. The van der Waals surface area contributed by atoms with Gasteiger partial charge >= 0.3 is 5.97 Å². The molecule has 0 atom stereocenters. The molecule has 0 bridgehead atoms. The summed E-state index contributed by atoms with van der Waals surface area (Å²) < 4.78 is 27.7. The van der Waals surface area contributed by atoms with Crippen LogP contribution in [-0.4, -0.2) is 27.8 Å². The molecule has 16 heavy (non-hydrogen) atoms. The normalized spacial score (nSPS) is 11.2. The zero-order chi connectivity index (χ0) is 12.5. The van der Waals surface area contributed by atoms with E-state index in [1.165, 1.54) is 19.2 Å². The Bertz CT molecular complexity index is 539. The molecule has 0 saturated heterocycles. The first-order valence-electron chi connectivity index (χ1n) is 4.04. The molecule has 0 saturated carbocycles. The number of hydrogen-bond acceptors (Lipinski definition) is 4. The number of hydrogen-bond donors (Lipinski definition) is 0. The van der Waals surface area contributed by atoms with Crippen LogP contribution in [0.25, 0.3) is 0 Å². The number of sulfone groups is 1. The topological polar surface area (TPSA) is 60.4 Å². The molecule has 4 nitrogen and oxygen atoms in total. The van der Waals surface area contributed by atoms with Gasteiger partial charge in [-0.15, -0.1) is 0 Å². The molecule has 0 heterocycles. The van der Waals surface area contributed by atoms with Gasteiger partial charge in [0.15, 0.2) is 9.84 Å². The van der Waals surface area contributed by atoms with Gasteiger partial charge in [-0.1, -0.05) is 11.6 Å². The van der Waals surface area contributed by atoms with Gasteiger partial charge in [-0.05, 0) is 34.7 Å². The van der Waals surface area contributed by atoms with Gasteiger partial charge in [0, 0.05) is 9.83 Å². The molecule has 0 unspecified atom stereocenters. The lowest BCUT2D eigenvalue weighted by molar-refractivity contribution is 0.0600. The quantitative estimate of drug-likeness (QED) is 0.588. The third-order valence-corrected chi connectivity index (χ3v) is 4.50. The van der Waals surface area contributed by atoms with E-state index < -0.39 is 15.8 Å². The first kappa shape index (κ1) is 13.7. The van der Waals surface area contributed by atoms with E-state index in [-0.39, 0.29) is 15.5 Å². The maximum absolute atomic E-state index is 11.4. The number of rotatable bonds is 2. The van der Waals surface area contributed by atoms with Gasteiger partial charge in [-0.25, -0.2) is 13.2 Å². The van der Waals surface area contributed by atoms with Crippen molar-refractivity contribution in [3.8, 4) is 0 Å². The second kappa shape index (κ2) is 4.89. The number of methoxy groups -OCH3 is 1. The fraction of sp³-hybridized carbons (Fsp3) is 0.222. The van der Waals surface area contributed by atoms with Gasteiger partial charge in [0.2, 0.25) is 0 Å². The van der Waals surface area contributed by atoms with E-state index in [0.29, 0.717) is 3.57 Å². The molecule has 88 valence electrons. The van der Waals surface area contributed by atoms with Crippen LogP contribution in [0.1, 0.15) is 10.4 Å². The molecule has 0 aliphatic carbocycles. The molecular formula is C9H8ClIO4S. The number of ether oxygens (including phenoxy) is 1. The largest absolute Gasteiger partial charge is 0.465 e. The van der Waals surface area contributed by atoms with Gasteiger partial charge in [0.1, 0.15) is 0 Å². The number of halogens is 2. The Morgan fingerprint density at radius 1 is 1.44 bits per heavy atom. The summed E-state index contributed by atoms with van der Waals surface area (Å²) in [4.78, 5) is 11.4. The molecule has 0 radical (unpaired) electrons. The van der Waals surface area contributed by atoms with E-state index in [1.54, 1.807) is 0 Å². The number of esters is 1. The summed E-state index contributed by atoms with van der Waals surface area (Å²) >= 11 is 7.75. The first-order chi connectivity index (χ1) is 7.27. The summed E-state index contributed by atoms with van der Waals surface area (Å²) in [6.45, 7) is 0. The van der Waals surface area contributed by atoms with Crippen molar-refractivity contribution < 1.29 is 17.9 Å². The second-order valence-corrected chi connectivity index (χ2v) is 6.59. The minimum atomic E-state index is -3.38. The van der Waals surface area contributed by atoms with Crippen LogP contribution >= 0.6 is 34.2 Å². The Kier molecular flexibility index (Phi) is 4.19. The van der Waals surface area contributed by atoms with Crippen molar-refractivity contribution in [3.05, 3.63) is 26.3 Å². The molecule has 7 heteroatoms. The summed E-state index contributed by atoms with van der Waals surface area (Å²) in [7, 11) is -2.17. The predicted molar refractivity (Wildman–Crippen MR) is 68.6 cm³/mol. The minimum absolute atomic E-state index is 0.0432. The summed E-state index contributed by atoms with van der Waals surface area (Å²) in [6, 6.07) is 2.62. The Balaban J connectivity index is 3.51. The lowest BCUT2D eigenvalue weighted by Gasteiger charge is -2.07. The Morgan fingerprint density at radius 2 is 2.00 bits per heavy atom. The van der Waals surface area contributed by atoms with Crippen molar-refractivity contribution in [2.45, 2.75) is 4.90 Å². The maximum Gasteiger partial charge on any atom is 0.339 e. The number of carbonyl (C=O) groups is 1. The lowest BCUT2D eigenvalue weighted by Crippen LogP contribution is -2.06. The molecule has 0 N–H and O–H groups in total. The van der Waals surface area contributed by atoms with E-state index in [0.717, 1.165) is 6.26 Å². The van der Waals surface area contributed by atoms with Crippen molar-refractivity contribution in [2.24, 2.45) is 0 Å². The molecule has 0 spiro atoms.